The predicted molar refractivity (Wildman–Crippen MR) is 78.5 cm³/mol. The van der Waals surface area contributed by atoms with Gasteiger partial charge in [-0.25, -0.2) is 0 Å². The molecular weight excluding hydrogens is 254 g/mol. The van der Waals surface area contributed by atoms with Crippen LogP contribution in [0, 0.1) is 0 Å². The van der Waals surface area contributed by atoms with Crippen molar-refractivity contribution in [2.24, 2.45) is 5.73 Å². The van der Waals surface area contributed by atoms with Gasteiger partial charge in [0.25, 0.3) is 5.91 Å². The molecule has 1 aliphatic rings. The zero-order chi connectivity index (χ0) is 14.4. The van der Waals surface area contributed by atoms with Crippen LogP contribution in [0.3, 0.4) is 0 Å². The molecule has 0 aromatic heterocycles. The Hall–Kier alpha value is -1.59. The Balaban J connectivity index is 1.90. The summed E-state index contributed by atoms with van der Waals surface area (Å²) in [7, 11) is 0. The Morgan fingerprint density at radius 2 is 2.20 bits per heavy atom. The zero-order valence-electron chi connectivity index (χ0n) is 12.0. The van der Waals surface area contributed by atoms with E-state index in [1.165, 1.54) is 12.0 Å². The highest BCUT2D eigenvalue weighted by Gasteiger charge is 2.20. The molecule has 5 heteroatoms. The van der Waals surface area contributed by atoms with E-state index in [9.17, 15) is 4.79 Å². The SMILES string of the molecule is CCN(Cc1ccc(OCC(N)=O)cc1)C1CCNC1. The molecule has 1 saturated heterocycles. The molecule has 1 amide bonds. The summed E-state index contributed by atoms with van der Waals surface area (Å²) in [5.41, 5.74) is 6.30. The number of nitrogens with one attached hydrogen (secondary N) is 1. The van der Waals surface area contributed by atoms with Crippen LogP contribution in [0.2, 0.25) is 0 Å². The second-order valence-electron chi connectivity index (χ2n) is 5.11. The van der Waals surface area contributed by atoms with Crippen LogP contribution in [0.4, 0.5) is 0 Å². The van der Waals surface area contributed by atoms with Gasteiger partial charge in [0, 0.05) is 19.1 Å². The molecule has 20 heavy (non-hydrogen) atoms. The Morgan fingerprint density at radius 3 is 2.75 bits per heavy atom. The Morgan fingerprint density at radius 1 is 1.45 bits per heavy atom. The topological polar surface area (TPSA) is 67.6 Å². The molecule has 1 aromatic carbocycles. The largest absolute Gasteiger partial charge is 0.484 e. The van der Waals surface area contributed by atoms with Crippen molar-refractivity contribution in [3.63, 3.8) is 0 Å². The monoisotopic (exact) mass is 277 g/mol. The summed E-state index contributed by atoms with van der Waals surface area (Å²) in [6.45, 7) is 6.30. The van der Waals surface area contributed by atoms with Gasteiger partial charge in [0.15, 0.2) is 6.61 Å². The van der Waals surface area contributed by atoms with Crippen molar-refractivity contribution in [2.75, 3.05) is 26.2 Å². The van der Waals surface area contributed by atoms with Gasteiger partial charge in [-0.2, -0.15) is 0 Å². The Bertz CT molecular complexity index is 427. The molecule has 0 radical (unpaired) electrons. The van der Waals surface area contributed by atoms with Gasteiger partial charge in [-0.15, -0.1) is 0 Å². The number of likely N-dealkylation sites (N-methyl/N-ethyl adjacent to an activating group) is 1. The highest BCUT2D eigenvalue weighted by molar-refractivity contribution is 5.75. The van der Waals surface area contributed by atoms with Crippen molar-refractivity contribution in [2.45, 2.75) is 25.9 Å². The summed E-state index contributed by atoms with van der Waals surface area (Å²) in [5, 5.41) is 3.40. The fourth-order valence-electron chi connectivity index (χ4n) is 2.53. The van der Waals surface area contributed by atoms with Crippen LogP contribution in [-0.2, 0) is 11.3 Å². The number of rotatable bonds is 7. The van der Waals surface area contributed by atoms with Crippen LogP contribution in [0.25, 0.3) is 0 Å². The number of hydrogen-bond donors (Lipinski definition) is 2. The maximum atomic E-state index is 10.7. The number of amides is 1. The van der Waals surface area contributed by atoms with Gasteiger partial charge in [0.1, 0.15) is 5.75 Å². The first-order valence-electron chi connectivity index (χ1n) is 7.14. The van der Waals surface area contributed by atoms with Crippen molar-refractivity contribution in [3.05, 3.63) is 29.8 Å². The van der Waals surface area contributed by atoms with Crippen LogP contribution < -0.4 is 15.8 Å². The minimum absolute atomic E-state index is 0.0752. The first-order valence-corrected chi connectivity index (χ1v) is 7.14. The lowest BCUT2D eigenvalue weighted by atomic mass is 10.1. The third kappa shape index (κ3) is 4.21. The Labute approximate surface area is 120 Å². The van der Waals surface area contributed by atoms with E-state index >= 15 is 0 Å². The minimum atomic E-state index is -0.458. The molecule has 0 saturated carbocycles. The van der Waals surface area contributed by atoms with E-state index in [1.807, 2.05) is 24.3 Å². The van der Waals surface area contributed by atoms with Gasteiger partial charge in [0.2, 0.25) is 0 Å². The van der Waals surface area contributed by atoms with Gasteiger partial charge in [0.05, 0.1) is 0 Å². The van der Waals surface area contributed by atoms with Gasteiger partial charge in [-0.3, -0.25) is 9.69 Å². The standard InChI is InChI=1S/C15H23N3O2/c1-2-18(13-7-8-17-9-13)10-12-3-5-14(6-4-12)20-11-15(16)19/h3-6,13,17H,2,7-11H2,1H3,(H2,16,19). The maximum Gasteiger partial charge on any atom is 0.255 e. The van der Waals surface area contributed by atoms with E-state index in [4.69, 9.17) is 10.5 Å². The molecule has 0 spiro atoms. The molecule has 1 fully saturated rings. The van der Waals surface area contributed by atoms with Gasteiger partial charge < -0.3 is 15.8 Å². The lowest BCUT2D eigenvalue weighted by Gasteiger charge is -2.26. The number of nitrogens with zero attached hydrogens (tertiary/aromatic N) is 1. The predicted octanol–water partition coefficient (Wildman–Crippen LogP) is 0.735. The summed E-state index contributed by atoms with van der Waals surface area (Å²) < 4.78 is 5.26. The van der Waals surface area contributed by atoms with Crippen LogP contribution in [0.1, 0.15) is 18.9 Å². The number of primary amides is 1. The number of nitrogens with two attached hydrogens (primary N) is 1. The molecule has 3 N–H and O–H groups in total. The molecule has 1 unspecified atom stereocenters. The summed E-state index contributed by atoms with van der Waals surface area (Å²) in [6.07, 6.45) is 1.22. The fourth-order valence-corrected chi connectivity index (χ4v) is 2.53. The molecule has 5 nitrogen and oxygen atoms in total. The average molecular weight is 277 g/mol. The molecule has 1 aromatic rings. The van der Waals surface area contributed by atoms with Crippen molar-refractivity contribution >= 4 is 5.91 Å². The molecule has 0 aliphatic carbocycles. The first kappa shape index (κ1) is 14.8. The highest BCUT2D eigenvalue weighted by Crippen LogP contribution is 2.16. The quantitative estimate of drug-likeness (QED) is 0.771. The van der Waals surface area contributed by atoms with Crippen LogP contribution in [-0.4, -0.2) is 43.1 Å². The van der Waals surface area contributed by atoms with E-state index in [-0.39, 0.29) is 6.61 Å². The van der Waals surface area contributed by atoms with Gasteiger partial charge in [-0.05, 0) is 37.2 Å². The summed E-state index contributed by atoms with van der Waals surface area (Å²) in [6, 6.07) is 8.49. The fraction of sp³-hybridized carbons (Fsp3) is 0.533. The van der Waals surface area contributed by atoms with Crippen LogP contribution >= 0.6 is 0 Å². The molecule has 2 rings (SSSR count). The lowest BCUT2D eigenvalue weighted by molar-refractivity contribution is -0.119. The van der Waals surface area contributed by atoms with Crippen LogP contribution in [0.15, 0.2) is 24.3 Å². The second-order valence-corrected chi connectivity index (χ2v) is 5.11. The van der Waals surface area contributed by atoms with E-state index in [2.05, 4.69) is 17.1 Å². The Kier molecular flexibility index (Phi) is 5.38. The minimum Gasteiger partial charge on any atom is -0.484 e. The number of benzene rings is 1. The normalized spacial score (nSPS) is 18.4. The molecule has 1 heterocycles. The first-order chi connectivity index (χ1) is 9.69. The third-order valence-corrected chi connectivity index (χ3v) is 3.65. The van der Waals surface area contributed by atoms with Crippen molar-refractivity contribution < 1.29 is 9.53 Å². The summed E-state index contributed by atoms with van der Waals surface area (Å²) in [4.78, 5) is 13.1. The zero-order valence-corrected chi connectivity index (χ0v) is 12.0. The summed E-state index contributed by atoms with van der Waals surface area (Å²) in [5.74, 6) is 0.220. The third-order valence-electron chi connectivity index (χ3n) is 3.65. The molecule has 110 valence electrons. The number of hydrogen-bond acceptors (Lipinski definition) is 4. The van der Waals surface area contributed by atoms with Gasteiger partial charge in [-0.1, -0.05) is 19.1 Å². The van der Waals surface area contributed by atoms with E-state index < -0.39 is 5.91 Å². The second kappa shape index (κ2) is 7.26. The van der Waals surface area contributed by atoms with Crippen LogP contribution in [0.5, 0.6) is 5.75 Å². The van der Waals surface area contributed by atoms with Gasteiger partial charge >= 0.3 is 0 Å². The number of carbonyl (C=O) groups is 1. The lowest BCUT2D eigenvalue weighted by Crippen LogP contribution is -2.36. The molecule has 1 atom stereocenters. The molecule has 1 aliphatic heterocycles. The van der Waals surface area contributed by atoms with E-state index in [0.29, 0.717) is 11.8 Å². The van der Waals surface area contributed by atoms with E-state index in [0.717, 1.165) is 26.2 Å². The average Bonchev–Trinajstić information content (AvgIpc) is 2.97. The highest BCUT2D eigenvalue weighted by atomic mass is 16.5. The number of ether oxygens (including phenoxy) is 1. The van der Waals surface area contributed by atoms with E-state index in [1.54, 1.807) is 0 Å². The smallest absolute Gasteiger partial charge is 0.255 e. The van der Waals surface area contributed by atoms with Crippen molar-refractivity contribution in [3.8, 4) is 5.75 Å². The van der Waals surface area contributed by atoms with Crippen molar-refractivity contribution in [1.82, 2.24) is 10.2 Å². The summed E-state index contributed by atoms with van der Waals surface area (Å²) >= 11 is 0. The van der Waals surface area contributed by atoms with Crippen molar-refractivity contribution in [1.29, 1.82) is 0 Å². The molecule has 0 bridgehead atoms. The molecular formula is C15H23N3O2. The number of carbonyl (C=O) groups excluding carboxylic acids is 1. The maximum absolute atomic E-state index is 10.7.